The Balaban J connectivity index is 1.66. The van der Waals surface area contributed by atoms with Gasteiger partial charge >= 0.3 is 6.03 Å². The molecule has 7 nitrogen and oxygen atoms in total. The number of carbonyl (C=O) groups excluding carboxylic acids is 2. The van der Waals surface area contributed by atoms with Gasteiger partial charge in [0, 0.05) is 25.6 Å². The molecule has 2 rings (SSSR count). The van der Waals surface area contributed by atoms with E-state index in [9.17, 15) is 18.0 Å². The molecule has 138 valence electrons. The van der Waals surface area contributed by atoms with E-state index in [0.717, 1.165) is 5.56 Å². The Morgan fingerprint density at radius 2 is 1.88 bits per heavy atom. The van der Waals surface area contributed by atoms with Gasteiger partial charge in [-0.15, -0.1) is 0 Å². The zero-order valence-corrected chi connectivity index (χ0v) is 15.2. The predicted octanol–water partition coefficient (Wildman–Crippen LogP) is 1.78. The lowest BCUT2D eigenvalue weighted by Crippen LogP contribution is -2.49. The summed E-state index contributed by atoms with van der Waals surface area (Å²) in [6, 6.07) is 8.81. The van der Waals surface area contributed by atoms with E-state index < -0.39 is 10.0 Å². The van der Waals surface area contributed by atoms with Gasteiger partial charge in [-0.25, -0.2) is 17.9 Å². The maximum absolute atomic E-state index is 12.1. The van der Waals surface area contributed by atoms with Crippen molar-refractivity contribution in [1.82, 2.24) is 14.9 Å². The molecule has 1 aliphatic heterocycles. The van der Waals surface area contributed by atoms with Crippen molar-refractivity contribution < 1.29 is 18.0 Å². The van der Waals surface area contributed by atoms with Gasteiger partial charge in [0.2, 0.25) is 15.9 Å². The van der Waals surface area contributed by atoms with E-state index in [2.05, 4.69) is 10.0 Å². The second kappa shape index (κ2) is 8.96. The Hall–Kier alpha value is -1.93. The first-order valence-electron chi connectivity index (χ1n) is 8.51. The maximum Gasteiger partial charge on any atom is 0.324 e. The number of imide groups is 1. The Morgan fingerprint density at radius 1 is 1.16 bits per heavy atom. The number of amides is 3. The molecule has 1 aromatic rings. The first-order valence-corrected chi connectivity index (χ1v) is 10.2. The van der Waals surface area contributed by atoms with E-state index in [0.29, 0.717) is 38.8 Å². The summed E-state index contributed by atoms with van der Waals surface area (Å²) in [6.07, 6.45) is 2.27. The highest BCUT2D eigenvalue weighted by Crippen LogP contribution is 2.13. The third kappa shape index (κ3) is 6.47. The van der Waals surface area contributed by atoms with Crippen molar-refractivity contribution >= 4 is 22.0 Å². The summed E-state index contributed by atoms with van der Waals surface area (Å²) in [4.78, 5) is 24.2. The molecule has 0 spiro atoms. The normalized spacial score (nSPS) is 16.6. The predicted molar refractivity (Wildman–Crippen MR) is 95.4 cm³/mol. The minimum Gasteiger partial charge on any atom is -0.324 e. The van der Waals surface area contributed by atoms with Crippen LogP contribution >= 0.6 is 0 Å². The molecule has 25 heavy (non-hydrogen) atoms. The van der Waals surface area contributed by atoms with E-state index >= 15 is 0 Å². The van der Waals surface area contributed by atoms with Crippen molar-refractivity contribution in [3.05, 3.63) is 35.9 Å². The molecular weight excluding hydrogens is 342 g/mol. The molecule has 8 heteroatoms. The molecule has 1 heterocycles. The number of carbonyl (C=O) groups is 2. The van der Waals surface area contributed by atoms with Gasteiger partial charge < -0.3 is 4.90 Å². The number of hydrogen-bond donors (Lipinski definition) is 2. The third-order valence-corrected chi connectivity index (χ3v) is 5.68. The van der Waals surface area contributed by atoms with Gasteiger partial charge in [-0.05, 0) is 25.3 Å². The smallest absolute Gasteiger partial charge is 0.324 e. The zero-order valence-electron chi connectivity index (χ0n) is 14.4. The number of nitrogens with one attached hydrogen (secondary N) is 2. The molecule has 0 saturated carbocycles. The van der Waals surface area contributed by atoms with Crippen molar-refractivity contribution in [2.24, 2.45) is 0 Å². The largest absolute Gasteiger partial charge is 0.324 e. The van der Waals surface area contributed by atoms with Gasteiger partial charge in [-0.1, -0.05) is 36.8 Å². The van der Waals surface area contributed by atoms with Crippen molar-refractivity contribution in [2.45, 2.75) is 38.6 Å². The van der Waals surface area contributed by atoms with Crippen LogP contribution in [0, 0.1) is 0 Å². The number of hydrogen-bond acceptors (Lipinski definition) is 4. The molecule has 0 radical (unpaired) electrons. The van der Waals surface area contributed by atoms with E-state index in [1.165, 1.54) is 0 Å². The molecule has 1 fully saturated rings. The minimum atomic E-state index is -3.34. The first kappa shape index (κ1) is 19.4. The average molecular weight is 367 g/mol. The molecule has 0 unspecified atom stereocenters. The SMILES string of the molecule is C[C@@H](NS(=O)(=O)CCCCCN1CCC(=O)NC1=O)c1ccccc1. The molecule has 3 amide bonds. The zero-order chi connectivity index (χ0) is 18.3. The molecular formula is C17H25N3O4S. The average Bonchev–Trinajstić information content (AvgIpc) is 2.56. The Kier molecular flexibility index (Phi) is 6.95. The van der Waals surface area contributed by atoms with Crippen LogP contribution in [0.25, 0.3) is 0 Å². The summed E-state index contributed by atoms with van der Waals surface area (Å²) < 4.78 is 27.0. The van der Waals surface area contributed by atoms with Gasteiger partial charge in [0.15, 0.2) is 0 Å². The number of unbranched alkanes of at least 4 members (excludes halogenated alkanes) is 2. The van der Waals surface area contributed by atoms with Crippen LogP contribution in [0.15, 0.2) is 30.3 Å². The van der Waals surface area contributed by atoms with Gasteiger partial charge in [0.1, 0.15) is 0 Å². The van der Waals surface area contributed by atoms with Crippen LogP contribution in [0.5, 0.6) is 0 Å². The highest BCUT2D eigenvalue weighted by molar-refractivity contribution is 7.89. The van der Waals surface area contributed by atoms with E-state index in [-0.39, 0.29) is 23.7 Å². The van der Waals surface area contributed by atoms with Gasteiger partial charge in [0.25, 0.3) is 0 Å². The van der Waals surface area contributed by atoms with Crippen LogP contribution in [0.1, 0.15) is 44.2 Å². The summed E-state index contributed by atoms with van der Waals surface area (Å²) >= 11 is 0. The number of sulfonamides is 1. The quantitative estimate of drug-likeness (QED) is 0.650. The molecule has 0 bridgehead atoms. The third-order valence-electron chi connectivity index (χ3n) is 4.14. The van der Waals surface area contributed by atoms with Crippen LogP contribution in [0.2, 0.25) is 0 Å². The molecule has 1 atom stereocenters. The summed E-state index contributed by atoms with van der Waals surface area (Å²) in [5.41, 5.74) is 0.928. The maximum atomic E-state index is 12.1. The van der Waals surface area contributed by atoms with Crippen LogP contribution in [-0.2, 0) is 14.8 Å². The molecule has 1 saturated heterocycles. The van der Waals surface area contributed by atoms with Gasteiger partial charge in [-0.2, -0.15) is 0 Å². The van der Waals surface area contributed by atoms with Crippen molar-refractivity contribution in [1.29, 1.82) is 0 Å². The van der Waals surface area contributed by atoms with Crippen molar-refractivity contribution in [2.75, 3.05) is 18.8 Å². The van der Waals surface area contributed by atoms with Crippen LogP contribution in [0.4, 0.5) is 4.79 Å². The summed E-state index contributed by atoms with van der Waals surface area (Å²) in [5, 5.41) is 2.27. The number of rotatable bonds is 9. The van der Waals surface area contributed by atoms with E-state index in [4.69, 9.17) is 0 Å². The molecule has 0 aliphatic carbocycles. The molecule has 0 aromatic heterocycles. The molecule has 1 aromatic carbocycles. The highest BCUT2D eigenvalue weighted by atomic mass is 32.2. The second-order valence-corrected chi connectivity index (χ2v) is 8.09. The Labute approximate surface area is 148 Å². The number of urea groups is 1. The van der Waals surface area contributed by atoms with Crippen LogP contribution in [-0.4, -0.2) is 44.1 Å². The number of benzene rings is 1. The summed E-state index contributed by atoms with van der Waals surface area (Å²) in [5.74, 6) is -0.180. The van der Waals surface area contributed by atoms with Crippen molar-refractivity contribution in [3.63, 3.8) is 0 Å². The van der Waals surface area contributed by atoms with E-state index in [1.54, 1.807) is 4.90 Å². The fourth-order valence-electron chi connectivity index (χ4n) is 2.72. The summed E-state index contributed by atoms with van der Waals surface area (Å²) in [6.45, 7) is 2.79. The fourth-order valence-corrected chi connectivity index (χ4v) is 4.10. The molecule has 2 N–H and O–H groups in total. The Bertz CT molecular complexity index is 691. The monoisotopic (exact) mass is 367 g/mol. The Morgan fingerprint density at radius 3 is 2.56 bits per heavy atom. The number of nitrogens with zero attached hydrogens (tertiary/aromatic N) is 1. The lowest BCUT2D eigenvalue weighted by Gasteiger charge is -2.26. The molecule has 1 aliphatic rings. The highest BCUT2D eigenvalue weighted by Gasteiger charge is 2.22. The lowest BCUT2D eigenvalue weighted by atomic mass is 10.1. The fraction of sp³-hybridized carbons (Fsp3) is 0.529. The van der Waals surface area contributed by atoms with E-state index in [1.807, 2.05) is 37.3 Å². The summed E-state index contributed by atoms with van der Waals surface area (Å²) in [7, 11) is -3.34. The second-order valence-electron chi connectivity index (χ2n) is 6.22. The minimum absolute atomic E-state index is 0.0643. The topological polar surface area (TPSA) is 95.6 Å². The van der Waals surface area contributed by atoms with Gasteiger partial charge in [0.05, 0.1) is 5.75 Å². The van der Waals surface area contributed by atoms with Crippen LogP contribution in [0.3, 0.4) is 0 Å². The van der Waals surface area contributed by atoms with Crippen LogP contribution < -0.4 is 10.0 Å². The lowest BCUT2D eigenvalue weighted by molar-refractivity contribution is -0.121. The van der Waals surface area contributed by atoms with Crippen molar-refractivity contribution in [3.8, 4) is 0 Å². The standard InChI is InChI=1S/C17H25N3O4S/c1-14(15-8-4-2-5-9-15)19-25(23,24)13-7-3-6-11-20-12-10-16(21)18-17(20)22/h2,4-5,8-9,14,19H,3,6-7,10-13H2,1H3,(H,18,21,22)/t14-/m1/s1. The first-order chi connectivity index (χ1) is 11.9. The van der Waals surface area contributed by atoms with Gasteiger partial charge in [-0.3, -0.25) is 10.1 Å².